The Labute approximate surface area is 124 Å². The summed E-state index contributed by atoms with van der Waals surface area (Å²) in [4.78, 5) is 0. The molecule has 0 spiro atoms. The van der Waals surface area contributed by atoms with Crippen LogP contribution in [-0.2, 0) is 28.6 Å². The fraction of sp³-hybridized carbons (Fsp3) is 1.00. The Kier molecular flexibility index (Phi) is 9.36. The van der Waals surface area contributed by atoms with E-state index in [1.54, 1.807) is 0 Å². The van der Waals surface area contributed by atoms with Crippen molar-refractivity contribution in [3.63, 3.8) is 0 Å². The van der Waals surface area contributed by atoms with Crippen LogP contribution in [0.25, 0.3) is 0 Å². The first kappa shape index (κ1) is 18.9. The molecule has 0 bridgehead atoms. The van der Waals surface area contributed by atoms with Crippen molar-refractivity contribution in [2.24, 2.45) is 0 Å². The summed E-state index contributed by atoms with van der Waals surface area (Å²) >= 11 is 11.4. The standard InChI is InChI=1S/C7H16O6S5/c8-17(9,12-2-5-15)7(1-4-14)18(10,11)13-3-6-16/h7,14-16H,1-6H2. The highest BCUT2D eigenvalue weighted by Crippen LogP contribution is 2.18. The van der Waals surface area contributed by atoms with Crippen molar-refractivity contribution >= 4 is 58.1 Å². The van der Waals surface area contributed by atoms with E-state index in [4.69, 9.17) is 0 Å². The minimum Gasteiger partial charge on any atom is -0.268 e. The second-order valence-electron chi connectivity index (χ2n) is 3.02. The lowest BCUT2D eigenvalue weighted by molar-refractivity contribution is 0.322. The Balaban J connectivity index is 5.06. The summed E-state index contributed by atoms with van der Waals surface area (Å²) in [6.45, 7) is -0.396. The Bertz CT molecular complexity index is 378. The highest BCUT2D eigenvalue weighted by molar-refractivity contribution is 8.04. The van der Waals surface area contributed by atoms with Crippen molar-refractivity contribution < 1.29 is 25.2 Å². The molecule has 18 heavy (non-hydrogen) atoms. The molecule has 0 saturated carbocycles. The zero-order valence-electron chi connectivity index (χ0n) is 9.43. The van der Waals surface area contributed by atoms with Gasteiger partial charge in [-0.15, -0.1) is 0 Å². The number of rotatable bonds is 10. The van der Waals surface area contributed by atoms with Gasteiger partial charge in [-0.1, -0.05) is 0 Å². The molecule has 0 saturated heterocycles. The van der Waals surface area contributed by atoms with E-state index < -0.39 is 24.8 Å². The largest absolute Gasteiger partial charge is 0.287 e. The highest BCUT2D eigenvalue weighted by atomic mass is 32.3. The van der Waals surface area contributed by atoms with Gasteiger partial charge in [-0.2, -0.15) is 54.7 Å². The van der Waals surface area contributed by atoms with Gasteiger partial charge in [-0.05, 0) is 12.2 Å². The van der Waals surface area contributed by atoms with Crippen LogP contribution in [0.4, 0.5) is 0 Å². The molecule has 0 N–H and O–H groups in total. The maximum atomic E-state index is 11.7. The van der Waals surface area contributed by atoms with Crippen LogP contribution < -0.4 is 0 Å². The molecule has 110 valence electrons. The summed E-state index contributed by atoms with van der Waals surface area (Å²) in [7, 11) is -8.54. The first-order valence-electron chi connectivity index (χ1n) is 4.91. The average molecular weight is 357 g/mol. The maximum Gasteiger partial charge on any atom is 0.287 e. The Morgan fingerprint density at radius 3 is 1.44 bits per heavy atom. The molecule has 0 aromatic rings. The minimum absolute atomic E-state index is 0.0671. The smallest absolute Gasteiger partial charge is 0.268 e. The summed E-state index contributed by atoms with van der Waals surface area (Å²) in [5.41, 5.74) is 0. The molecule has 0 unspecified atom stereocenters. The SMILES string of the molecule is O=S(=O)(OCCS)C(CCS)S(=O)(=O)OCCS. The number of thiol groups is 3. The van der Waals surface area contributed by atoms with Crippen LogP contribution in [-0.4, -0.2) is 51.9 Å². The molecule has 11 heteroatoms. The lowest BCUT2D eigenvalue weighted by Gasteiger charge is -2.16. The molecular formula is C7H16O6S5. The third kappa shape index (κ3) is 6.35. The molecule has 0 heterocycles. The molecule has 0 rings (SSSR count). The monoisotopic (exact) mass is 356 g/mol. The third-order valence-electron chi connectivity index (χ3n) is 1.69. The van der Waals surface area contributed by atoms with Gasteiger partial charge in [-0.3, -0.25) is 8.37 Å². The number of hydrogen-bond donors (Lipinski definition) is 3. The van der Waals surface area contributed by atoms with Crippen molar-refractivity contribution in [3.05, 3.63) is 0 Å². The summed E-state index contributed by atoms with van der Waals surface area (Å²) in [6, 6.07) is 0. The average Bonchev–Trinajstić information content (AvgIpc) is 2.30. The molecule has 6 nitrogen and oxygen atoms in total. The fourth-order valence-corrected chi connectivity index (χ4v) is 5.27. The summed E-state index contributed by atoms with van der Waals surface area (Å²) in [6.07, 6.45) is -0.215. The second kappa shape index (κ2) is 8.93. The van der Waals surface area contributed by atoms with E-state index >= 15 is 0 Å². The molecular weight excluding hydrogens is 340 g/mol. The van der Waals surface area contributed by atoms with Gasteiger partial charge < -0.3 is 0 Å². The van der Waals surface area contributed by atoms with Gasteiger partial charge in [0.05, 0.1) is 13.2 Å². The van der Waals surface area contributed by atoms with Crippen LogP contribution in [0, 0.1) is 0 Å². The molecule has 0 aliphatic heterocycles. The van der Waals surface area contributed by atoms with E-state index in [2.05, 4.69) is 46.3 Å². The molecule has 0 radical (unpaired) electrons. The summed E-state index contributed by atoms with van der Waals surface area (Å²) in [5.74, 6) is 0.381. The molecule has 0 aliphatic rings. The predicted octanol–water partition coefficient (Wildman–Crippen LogP) is 0.185. The van der Waals surface area contributed by atoms with Crippen LogP contribution >= 0.6 is 37.9 Å². The van der Waals surface area contributed by atoms with Crippen LogP contribution in [0.1, 0.15) is 6.42 Å². The van der Waals surface area contributed by atoms with E-state index in [0.717, 1.165) is 0 Å². The highest BCUT2D eigenvalue weighted by Gasteiger charge is 2.39. The van der Waals surface area contributed by atoms with Gasteiger partial charge in [0.2, 0.25) is 4.58 Å². The second-order valence-corrected chi connectivity index (χ2v) is 8.24. The molecule has 0 aliphatic carbocycles. The van der Waals surface area contributed by atoms with E-state index in [-0.39, 0.29) is 36.9 Å². The van der Waals surface area contributed by atoms with E-state index in [1.807, 2.05) is 0 Å². The number of hydrogen-bond acceptors (Lipinski definition) is 9. The van der Waals surface area contributed by atoms with Gasteiger partial charge in [0, 0.05) is 11.5 Å². The maximum absolute atomic E-state index is 11.7. The van der Waals surface area contributed by atoms with Crippen molar-refractivity contribution in [2.45, 2.75) is 11.0 Å². The van der Waals surface area contributed by atoms with Crippen LogP contribution in [0.15, 0.2) is 0 Å². The van der Waals surface area contributed by atoms with Gasteiger partial charge in [0.25, 0.3) is 20.2 Å². The zero-order valence-corrected chi connectivity index (χ0v) is 13.7. The van der Waals surface area contributed by atoms with Gasteiger partial charge in [0.1, 0.15) is 0 Å². The van der Waals surface area contributed by atoms with E-state index in [1.165, 1.54) is 0 Å². The first-order valence-corrected chi connectivity index (χ1v) is 9.75. The molecule has 0 fully saturated rings. The zero-order chi connectivity index (χ0) is 14.2. The lowest BCUT2D eigenvalue weighted by atomic mass is 10.6. The minimum atomic E-state index is -4.27. The van der Waals surface area contributed by atoms with E-state index in [0.29, 0.717) is 0 Å². The van der Waals surface area contributed by atoms with Crippen LogP contribution in [0.5, 0.6) is 0 Å². The van der Waals surface area contributed by atoms with Crippen molar-refractivity contribution in [3.8, 4) is 0 Å². The normalized spacial score (nSPS) is 13.1. The summed E-state index contributed by atoms with van der Waals surface area (Å²) in [5, 5.41) is 0. The molecule has 0 aromatic heterocycles. The summed E-state index contributed by atoms with van der Waals surface area (Å²) < 4.78 is 54.2. The van der Waals surface area contributed by atoms with Gasteiger partial charge in [-0.25, -0.2) is 0 Å². The van der Waals surface area contributed by atoms with Crippen molar-refractivity contribution in [2.75, 3.05) is 30.5 Å². The molecule has 0 atom stereocenters. The molecule has 0 aromatic carbocycles. The van der Waals surface area contributed by atoms with Crippen molar-refractivity contribution in [1.82, 2.24) is 0 Å². The lowest BCUT2D eigenvalue weighted by Crippen LogP contribution is -2.34. The fourth-order valence-electron chi connectivity index (χ4n) is 0.997. The van der Waals surface area contributed by atoms with E-state index in [9.17, 15) is 16.8 Å². The first-order chi connectivity index (χ1) is 8.31. The van der Waals surface area contributed by atoms with Crippen LogP contribution in [0.3, 0.4) is 0 Å². The molecule has 0 amide bonds. The Morgan fingerprint density at radius 1 is 0.778 bits per heavy atom. The quantitative estimate of drug-likeness (QED) is 0.382. The predicted molar refractivity (Wildman–Crippen MR) is 79.7 cm³/mol. The Morgan fingerprint density at radius 2 is 1.17 bits per heavy atom. The van der Waals surface area contributed by atoms with Crippen molar-refractivity contribution in [1.29, 1.82) is 0 Å². The third-order valence-corrected chi connectivity index (χ3v) is 6.47. The topological polar surface area (TPSA) is 86.7 Å². The Hall–Kier alpha value is 0.870. The van der Waals surface area contributed by atoms with Gasteiger partial charge in [0.15, 0.2) is 0 Å². The van der Waals surface area contributed by atoms with Crippen LogP contribution in [0.2, 0.25) is 0 Å². The van der Waals surface area contributed by atoms with Gasteiger partial charge >= 0.3 is 0 Å².